The molecule has 5 nitrogen and oxygen atoms in total. The fourth-order valence-electron chi connectivity index (χ4n) is 2.09. The second kappa shape index (κ2) is 4.59. The van der Waals surface area contributed by atoms with E-state index in [4.69, 9.17) is 16.3 Å². The molecule has 0 saturated carbocycles. The molecule has 6 heteroatoms. The number of aromatic amines is 1. The average molecular weight is 279 g/mol. The molecule has 1 atom stereocenters. The number of amides is 1. The molecular weight excluding hydrogens is 268 g/mol. The topological polar surface area (TPSA) is 71.2 Å². The Labute approximate surface area is 113 Å². The number of H-pyrrole nitrogens is 1. The molecule has 1 aromatic heterocycles. The summed E-state index contributed by atoms with van der Waals surface area (Å²) in [4.78, 5) is 26.0. The molecule has 98 valence electrons. The van der Waals surface area contributed by atoms with Gasteiger partial charge in [0.2, 0.25) is 0 Å². The van der Waals surface area contributed by atoms with Crippen molar-refractivity contribution in [3.05, 3.63) is 35.0 Å². The molecule has 0 aliphatic carbocycles. The first-order valence-electron chi connectivity index (χ1n) is 5.86. The van der Waals surface area contributed by atoms with E-state index in [1.165, 1.54) is 0 Å². The highest BCUT2D eigenvalue weighted by Gasteiger charge is 2.25. The van der Waals surface area contributed by atoms with Crippen LogP contribution in [0.3, 0.4) is 0 Å². The van der Waals surface area contributed by atoms with Gasteiger partial charge in [0.15, 0.2) is 0 Å². The van der Waals surface area contributed by atoms with E-state index in [-0.39, 0.29) is 30.9 Å². The first-order chi connectivity index (χ1) is 9.11. The second-order valence-corrected chi connectivity index (χ2v) is 4.91. The fraction of sp³-hybridized carbons (Fsp3) is 0.231. The van der Waals surface area contributed by atoms with Crippen molar-refractivity contribution in [2.75, 3.05) is 6.61 Å². The Balaban J connectivity index is 1.79. The molecule has 0 spiro atoms. The van der Waals surface area contributed by atoms with Crippen LogP contribution < -0.4 is 5.32 Å². The Morgan fingerprint density at radius 1 is 1.42 bits per heavy atom. The molecule has 1 aliphatic rings. The third-order valence-electron chi connectivity index (χ3n) is 3.02. The van der Waals surface area contributed by atoms with Gasteiger partial charge < -0.3 is 15.0 Å². The van der Waals surface area contributed by atoms with Crippen LogP contribution in [-0.4, -0.2) is 29.5 Å². The number of aromatic nitrogens is 1. The Morgan fingerprint density at radius 2 is 2.26 bits per heavy atom. The van der Waals surface area contributed by atoms with Gasteiger partial charge in [0.25, 0.3) is 5.91 Å². The summed E-state index contributed by atoms with van der Waals surface area (Å²) in [5, 5.41) is 4.24. The van der Waals surface area contributed by atoms with Crippen LogP contribution in [0.2, 0.25) is 5.02 Å². The molecule has 1 aromatic carbocycles. The number of carbonyl (C=O) groups excluding carboxylic acids is 2. The van der Waals surface area contributed by atoms with Crippen LogP contribution in [0.15, 0.2) is 24.3 Å². The molecule has 1 amide bonds. The van der Waals surface area contributed by atoms with Crippen LogP contribution in [0.25, 0.3) is 10.9 Å². The number of nitrogens with one attached hydrogen (secondary N) is 2. The van der Waals surface area contributed by atoms with E-state index in [1.807, 2.05) is 6.07 Å². The monoisotopic (exact) mass is 278 g/mol. The zero-order valence-electron chi connectivity index (χ0n) is 9.90. The zero-order chi connectivity index (χ0) is 13.4. The number of hydrogen-bond donors (Lipinski definition) is 2. The number of hydrogen-bond acceptors (Lipinski definition) is 3. The minimum absolute atomic E-state index is 0.220. The lowest BCUT2D eigenvalue weighted by molar-refractivity contribution is -0.137. The lowest BCUT2D eigenvalue weighted by Crippen LogP contribution is -2.35. The number of cyclic esters (lactones) is 1. The molecule has 1 aliphatic heterocycles. The number of fused-ring (bicyclic) bond motifs is 1. The Morgan fingerprint density at radius 3 is 3.00 bits per heavy atom. The van der Waals surface area contributed by atoms with E-state index < -0.39 is 0 Å². The summed E-state index contributed by atoms with van der Waals surface area (Å²) in [7, 11) is 0. The maximum Gasteiger partial charge on any atom is 0.308 e. The van der Waals surface area contributed by atoms with Crippen molar-refractivity contribution in [3.8, 4) is 0 Å². The maximum atomic E-state index is 12.0. The van der Waals surface area contributed by atoms with Gasteiger partial charge in [0, 0.05) is 15.9 Å². The van der Waals surface area contributed by atoms with Gasteiger partial charge in [-0.15, -0.1) is 0 Å². The maximum absolute atomic E-state index is 12.0. The largest absolute Gasteiger partial charge is 0.463 e. The zero-order valence-corrected chi connectivity index (χ0v) is 10.7. The van der Waals surface area contributed by atoms with Crippen LogP contribution in [0, 0.1) is 0 Å². The van der Waals surface area contributed by atoms with Gasteiger partial charge in [-0.2, -0.15) is 0 Å². The van der Waals surface area contributed by atoms with Crippen molar-refractivity contribution < 1.29 is 14.3 Å². The van der Waals surface area contributed by atoms with Crippen molar-refractivity contribution in [1.29, 1.82) is 0 Å². The van der Waals surface area contributed by atoms with Gasteiger partial charge in [-0.3, -0.25) is 9.59 Å². The summed E-state index contributed by atoms with van der Waals surface area (Å²) in [6.07, 6.45) is 0.220. The van der Waals surface area contributed by atoms with Crippen molar-refractivity contribution >= 4 is 34.4 Å². The molecule has 19 heavy (non-hydrogen) atoms. The SMILES string of the molecule is O=C1C[C@H](NC(=O)c2cc3cc(Cl)ccc3[nH]2)CO1. The fourth-order valence-corrected chi connectivity index (χ4v) is 2.27. The second-order valence-electron chi connectivity index (χ2n) is 4.47. The standard InChI is InChI=1S/C13H11ClN2O3/c14-8-1-2-10-7(3-8)4-11(16-10)13(18)15-9-5-12(17)19-6-9/h1-4,9,16H,5-6H2,(H,15,18)/t9-/m0/s1. The molecule has 2 N–H and O–H groups in total. The van der Waals surface area contributed by atoms with Gasteiger partial charge in [-0.1, -0.05) is 11.6 Å². The third-order valence-corrected chi connectivity index (χ3v) is 3.26. The first kappa shape index (κ1) is 12.0. The van der Waals surface area contributed by atoms with E-state index >= 15 is 0 Å². The number of ether oxygens (including phenoxy) is 1. The van der Waals surface area contributed by atoms with Crippen molar-refractivity contribution in [1.82, 2.24) is 10.3 Å². The van der Waals surface area contributed by atoms with Crippen LogP contribution in [0.5, 0.6) is 0 Å². The third kappa shape index (κ3) is 2.42. The van der Waals surface area contributed by atoms with Gasteiger partial charge in [-0.05, 0) is 24.3 Å². The summed E-state index contributed by atoms with van der Waals surface area (Å²) in [6.45, 7) is 0.233. The Hall–Kier alpha value is -2.01. The minimum atomic E-state index is -0.284. The molecule has 1 saturated heterocycles. The Bertz CT molecular complexity index is 665. The van der Waals surface area contributed by atoms with E-state index in [9.17, 15) is 9.59 Å². The van der Waals surface area contributed by atoms with Gasteiger partial charge in [0.05, 0.1) is 12.5 Å². The van der Waals surface area contributed by atoms with E-state index in [1.54, 1.807) is 18.2 Å². The number of rotatable bonds is 2. The summed E-state index contributed by atoms with van der Waals surface area (Å²) in [6, 6.07) is 6.83. The lowest BCUT2D eigenvalue weighted by Gasteiger charge is -2.07. The summed E-state index contributed by atoms with van der Waals surface area (Å²) in [5.41, 5.74) is 1.28. The van der Waals surface area contributed by atoms with Crippen molar-refractivity contribution in [2.45, 2.75) is 12.5 Å². The van der Waals surface area contributed by atoms with Crippen LogP contribution >= 0.6 is 11.6 Å². The smallest absolute Gasteiger partial charge is 0.308 e. The van der Waals surface area contributed by atoms with E-state index in [0.717, 1.165) is 10.9 Å². The van der Waals surface area contributed by atoms with E-state index in [2.05, 4.69) is 10.3 Å². The number of benzene rings is 1. The number of halogens is 1. The molecule has 2 aromatic rings. The summed E-state index contributed by atoms with van der Waals surface area (Å²) >= 11 is 5.89. The van der Waals surface area contributed by atoms with Crippen molar-refractivity contribution in [2.24, 2.45) is 0 Å². The van der Waals surface area contributed by atoms with Gasteiger partial charge in [0.1, 0.15) is 12.3 Å². The molecule has 0 radical (unpaired) electrons. The minimum Gasteiger partial charge on any atom is -0.463 e. The highest BCUT2D eigenvalue weighted by molar-refractivity contribution is 6.31. The molecule has 0 unspecified atom stereocenters. The molecule has 1 fully saturated rings. The quantitative estimate of drug-likeness (QED) is 0.824. The lowest BCUT2D eigenvalue weighted by atomic mass is 10.2. The van der Waals surface area contributed by atoms with E-state index in [0.29, 0.717) is 10.7 Å². The molecule has 0 bridgehead atoms. The predicted molar refractivity (Wildman–Crippen MR) is 70.1 cm³/mol. The number of carbonyl (C=O) groups is 2. The number of esters is 1. The summed E-state index contributed by atoms with van der Waals surface area (Å²) < 4.78 is 4.80. The highest BCUT2D eigenvalue weighted by Crippen LogP contribution is 2.20. The van der Waals surface area contributed by atoms with Crippen LogP contribution in [0.4, 0.5) is 0 Å². The van der Waals surface area contributed by atoms with Crippen LogP contribution in [-0.2, 0) is 9.53 Å². The van der Waals surface area contributed by atoms with Crippen LogP contribution in [0.1, 0.15) is 16.9 Å². The highest BCUT2D eigenvalue weighted by atomic mass is 35.5. The normalized spacial score (nSPS) is 18.6. The summed E-state index contributed by atoms with van der Waals surface area (Å²) in [5.74, 6) is -0.538. The first-order valence-corrected chi connectivity index (χ1v) is 6.24. The molecule has 3 rings (SSSR count). The van der Waals surface area contributed by atoms with Crippen molar-refractivity contribution in [3.63, 3.8) is 0 Å². The Kier molecular flexibility index (Phi) is 2.91. The molecular formula is C13H11ClN2O3. The van der Waals surface area contributed by atoms with Gasteiger partial charge in [-0.25, -0.2) is 0 Å². The predicted octanol–water partition coefficient (Wildman–Crippen LogP) is 1.87. The average Bonchev–Trinajstić information content (AvgIpc) is 2.95. The molecule has 2 heterocycles. The van der Waals surface area contributed by atoms with Gasteiger partial charge >= 0.3 is 5.97 Å².